The maximum atomic E-state index is 2.52. The lowest BCUT2D eigenvalue weighted by Crippen LogP contribution is -2.32. The number of benzene rings is 9. The van der Waals surface area contributed by atoms with Crippen LogP contribution in [-0.2, 0) is 5.41 Å². The monoisotopic (exact) mass is 728 g/mol. The number of hydrogen-bond acceptors (Lipinski definition) is 1. The van der Waals surface area contributed by atoms with Crippen LogP contribution in [0.15, 0.2) is 204 Å². The molecule has 0 saturated heterocycles. The van der Waals surface area contributed by atoms with E-state index in [0.717, 1.165) is 0 Å². The molecule has 260 valence electrons. The zero-order valence-electron chi connectivity index (χ0n) is 30.3. The summed E-state index contributed by atoms with van der Waals surface area (Å²) in [6, 6.07) is 72.6. The molecule has 0 amide bonds. The van der Waals surface area contributed by atoms with Gasteiger partial charge in [-0.2, -0.15) is 0 Å². The minimum absolute atomic E-state index is 0.560. The van der Waals surface area contributed by atoms with Gasteiger partial charge in [-0.1, -0.05) is 157 Å². The molecule has 2 aliphatic rings. The highest BCUT2D eigenvalue weighted by Gasteiger charge is 2.51. The van der Waals surface area contributed by atoms with Crippen LogP contribution in [0.5, 0.6) is 0 Å². The molecular weight excluding hydrogens is 697 g/mol. The summed E-state index contributed by atoms with van der Waals surface area (Å²) < 4.78 is 4.98. The van der Waals surface area contributed by atoms with Gasteiger partial charge in [0.15, 0.2) is 0 Å². The van der Waals surface area contributed by atoms with Crippen LogP contribution in [0.2, 0.25) is 0 Å². The molecule has 11 aromatic rings. The van der Waals surface area contributed by atoms with Gasteiger partial charge in [0.2, 0.25) is 0 Å². The second-order valence-corrected chi connectivity index (χ2v) is 16.2. The molecule has 2 nitrogen and oxygen atoms in total. The minimum atomic E-state index is -0.560. The maximum absolute atomic E-state index is 2.52. The van der Waals surface area contributed by atoms with Gasteiger partial charge in [0, 0.05) is 42.6 Å². The Labute approximate surface area is 327 Å². The third-order valence-corrected chi connectivity index (χ3v) is 13.8. The van der Waals surface area contributed by atoms with Gasteiger partial charge in [0.1, 0.15) is 0 Å². The van der Waals surface area contributed by atoms with Crippen LogP contribution in [0.4, 0.5) is 0 Å². The van der Waals surface area contributed by atoms with Crippen LogP contribution in [0.25, 0.3) is 76.9 Å². The van der Waals surface area contributed by atoms with Crippen molar-refractivity contribution in [3.8, 4) is 22.5 Å². The molecule has 1 unspecified atom stereocenters. The molecule has 3 heterocycles. The van der Waals surface area contributed by atoms with Crippen molar-refractivity contribution in [3.63, 3.8) is 0 Å². The Balaban J connectivity index is 1.21. The summed E-state index contributed by atoms with van der Waals surface area (Å²) >= 11 is 1.92. The number of aromatic nitrogens is 2. The van der Waals surface area contributed by atoms with Crippen molar-refractivity contribution in [3.05, 3.63) is 216 Å². The van der Waals surface area contributed by atoms with E-state index in [-0.39, 0.29) is 0 Å². The summed E-state index contributed by atoms with van der Waals surface area (Å²) in [5.41, 5.74) is 14.6. The van der Waals surface area contributed by atoms with Crippen molar-refractivity contribution >= 4 is 66.1 Å². The van der Waals surface area contributed by atoms with E-state index in [1.54, 1.807) is 0 Å². The minimum Gasteiger partial charge on any atom is -0.309 e. The molecule has 1 atom stereocenters. The van der Waals surface area contributed by atoms with Gasteiger partial charge in [-0.3, -0.25) is 0 Å². The van der Waals surface area contributed by atoms with Gasteiger partial charge in [0.05, 0.1) is 33.2 Å². The highest BCUT2D eigenvalue weighted by molar-refractivity contribution is 7.99. The lowest BCUT2D eigenvalue weighted by molar-refractivity contribution is 0.725. The zero-order valence-corrected chi connectivity index (χ0v) is 31.1. The Morgan fingerprint density at radius 3 is 1.61 bits per heavy atom. The lowest BCUT2D eigenvalue weighted by atomic mass is 9.67. The van der Waals surface area contributed by atoms with Crippen LogP contribution in [-0.4, -0.2) is 9.13 Å². The summed E-state index contributed by atoms with van der Waals surface area (Å²) in [5, 5.41) is 7.65. The number of hydrogen-bond donors (Lipinski definition) is 0. The quantitative estimate of drug-likeness (QED) is 0.172. The molecule has 0 N–H and O–H groups in total. The van der Waals surface area contributed by atoms with Gasteiger partial charge < -0.3 is 9.13 Å². The molecule has 1 spiro atoms. The first-order valence-electron chi connectivity index (χ1n) is 19.4. The summed E-state index contributed by atoms with van der Waals surface area (Å²) in [5.74, 6) is 0. The fourth-order valence-corrected chi connectivity index (χ4v) is 11.7. The molecule has 56 heavy (non-hydrogen) atoms. The molecule has 3 heteroatoms. The Bertz CT molecular complexity index is 3370. The fraction of sp³-hybridized carbons (Fsp3) is 0.0189. The molecular formula is C53H32N2S. The highest BCUT2D eigenvalue weighted by atomic mass is 32.2. The first-order valence-corrected chi connectivity index (χ1v) is 20.2. The van der Waals surface area contributed by atoms with Crippen LogP contribution in [0.1, 0.15) is 22.3 Å². The van der Waals surface area contributed by atoms with Crippen LogP contribution >= 0.6 is 11.8 Å². The van der Waals surface area contributed by atoms with E-state index >= 15 is 0 Å². The smallest absolute Gasteiger partial charge is 0.0737 e. The summed E-state index contributed by atoms with van der Waals surface area (Å²) in [6.45, 7) is 0. The van der Waals surface area contributed by atoms with E-state index in [1.807, 2.05) is 11.8 Å². The molecule has 13 rings (SSSR count). The predicted molar refractivity (Wildman–Crippen MR) is 234 cm³/mol. The van der Waals surface area contributed by atoms with Crippen LogP contribution in [0.3, 0.4) is 0 Å². The van der Waals surface area contributed by atoms with E-state index in [9.17, 15) is 0 Å². The van der Waals surface area contributed by atoms with E-state index in [1.165, 1.54) is 109 Å². The lowest BCUT2D eigenvalue weighted by Gasteiger charge is -2.40. The van der Waals surface area contributed by atoms with E-state index in [0.29, 0.717) is 0 Å². The molecule has 0 radical (unpaired) electrons. The number of rotatable bonds is 2. The van der Waals surface area contributed by atoms with Crippen molar-refractivity contribution in [1.82, 2.24) is 9.13 Å². The zero-order chi connectivity index (χ0) is 36.5. The summed E-state index contributed by atoms with van der Waals surface area (Å²) in [6.07, 6.45) is 0. The second-order valence-electron chi connectivity index (χ2n) is 15.2. The van der Waals surface area contributed by atoms with Gasteiger partial charge in [-0.15, -0.1) is 0 Å². The highest BCUT2D eigenvalue weighted by Crippen LogP contribution is 2.64. The standard InChI is InChI=1S/C53H32N2S/c1-2-15-35-33(14-1)28-31-43-52(35)56-50-27-12-7-20-41(50)53(43)42-21-13-26-49(55-47-24-10-5-18-38(47)39-19-6-11-25-48(39)55)51(42)40-30-29-34(32-44(40)53)54-45-22-8-3-16-36(45)37-17-4-9-23-46(37)54/h1-32H. The molecule has 0 saturated carbocycles. The van der Waals surface area contributed by atoms with E-state index in [4.69, 9.17) is 0 Å². The Morgan fingerprint density at radius 1 is 0.375 bits per heavy atom. The molecule has 2 aromatic heterocycles. The molecule has 0 fully saturated rings. The van der Waals surface area contributed by atoms with Crippen molar-refractivity contribution in [2.75, 3.05) is 0 Å². The number of nitrogens with zero attached hydrogens (tertiary/aromatic N) is 2. The van der Waals surface area contributed by atoms with E-state index < -0.39 is 5.41 Å². The van der Waals surface area contributed by atoms with Gasteiger partial charge >= 0.3 is 0 Å². The first kappa shape index (κ1) is 30.5. The van der Waals surface area contributed by atoms with Crippen molar-refractivity contribution in [2.24, 2.45) is 0 Å². The Hall–Kier alpha value is -6.81. The molecule has 0 bridgehead atoms. The van der Waals surface area contributed by atoms with Crippen molar-refractivity contribution < 1.29 is 0 Å². The molecule has 1 aliphatic carbocycles. The SMILES string of the molecule is c1ccc2c(c1)Sc1c(ccc3ccccc13)C21c2cc(-n3c4ccccc4c4ccccc43)ccc2-c2c(-n3c4ccccc4c4ccccc43)cccc21. The Kier molecular flexibility index (Phi) is 6.06. The summed E-state index contributed by atoms with van der Waals surface area (Å²) in [4.78, 5) is 2.64. The Morgan fingerprint density at radius 2 is 0.929 bits per heavy atom. The maximum Gasteiger partial charge on any atom is 0.0737 e. The number of fused-ring (bicyclic) bond motifs is 17. The van der Waals surface area contributed by atoms with Gasteiger partial charge in [-0.25, -0.2) is 0 Å². The van der Waals surface area contributed by atoms with Crippen LogP contribution in [0, 0.1) is 0 Å². The predicted octanol–water partition coefficient (Wildman–Crippen LogP) is 13.9. The number of para-hydroxylation sites is 4. The van der Waals surface area contributed by atoms with E-state index in [2.05, 4.69) is 203 Å². The van der Waals surface area contributed by atoms with Crippen molar-refractivity contribution in [1.29, 1.82) is 0 Å². The third-order valence-electron chi connectivity index (χ3n) is 12.6. The summed E-state index contributed by atoms with van der Waals surface area (Å²) in [7, 11) is 0. The average Bonchev–Trinajstić information content (AvgIpc) is 3.88. The van der Waals surface area contributed by atoms with Gasteiger partial charge in [0.25, 0.3) is 0 Å². The average molecular weight is 729 g/mol. The first-order chi connectivity index (χ1) is 27.8. The van der Waals surface area contributed by atoms with Crippen molar-refractivity contribution in [2.45, 2.75) is 15.2 Å². The normalized spacial score (nSPS) is 15.5. The molecule has 9 aromatic carbocycles. The van der Waals surface area contributed by atoms with Crippen LogP contribution < -0.4 is 0 Å². The fourth-order valence-electron chi connectivity index (χ4n) is 10.4. The largest absolute Gasteiger partial charge is 0.309 e. The second kappa shape index (κ2) is 11.1. The molecule has 1 aliphatic heterocycles. The van der Waals surface area contributed by atoms with Gasteiger partial charge in [-0.05, 0) is 87.1 Å². The third kappa shape index (κ3) is 3.78. The topological polar surface area (TPSA) is 9.86 Å².